The van der Waals surface area contributed by atoms with Crippen molar-refractivity contribution in [2.45, 2.75) is 19.0 Å². The van der Waals surface area contributed by atoms with Gasteiger partial charge in [0.15, 0.2) is 5.96 Å². The predicted molar refractivity (Wildman–Crippen MR) is 91.5 cm³/mol. The van der Waals surface area contributed by atoms with Crippen LogP contribution in [0.15, 0.2) is 17.4 Å². The van der Waals surface area contributed by atoms with Crippen LogP contribution in [0.1, 0.15) is 12.0 Å². The third kappa shape index (κ3) is 6.56. The highest BCUT2D eigenvalue weighted by molar-refractivity contribution is 5.80. The molecular formula is C16H27F3N6. The van der Waals surface area contributed by atoms with Crippen LogP contribution < -0.4 is 5.32 Å². The molecule has 0 saturated carbocycles. The van der Waals surface area contributed by atoms with Crippen LogP contribution in [0.2, 0.25) is 0 Å². The number of rotatable bonds is 6. The van der Waals surface area contributed by atoms with Crippen molar-refractivity contribution in [3.63, 3.8) is 0 Å². The summed E-state index contributed by atoms with van der Waals surface area (Å²) in [6, 6.07) is 0. The monoisotopic (exact) mass is 360 g/mol. The van der Waals surface area contributed by atoms with E-state index >= 15 is 0 Å². The molecule has 6 nitrogen and oxygen atoms in total. The van der Waals surface area contributed by atoms with Gasteiger partial charge in [-0.05, 0) is 31.4 Å². The van der Waals surface area contributed by atoms with Gasteiger partial charge in [-0.1, -0.05) is 0 Å². The van der Waals surface area contributed by atoms with Crippen LogP contribution in [0.25, 0.3) is 0 Å². The summed E-state index contributed by atoms with van der Waals surface area (Å²) in [6.07, 6.45) is 1.82. The SMILES string of the molecule is CN=C(NCCN(C)CC(F)(F)F)N1CCC(Cc2cnn(C)c2)C1. The van der Waals surface area contributed by atoms with Gasteiger partial charge in [0.1, 0.15) is 0 Å². The van der Waals surface area contributed by atoms with E-state index in [0.717, 1.165) is 31.9 Å². The highest BCUT2D eigenvalue weighted by Crippen LogP contribution is 2.20. The van der Waals surface area contributed by atoms with Crippen molar-refractivity contribution < 1.29 is 13.2 Å². The summed E-state index contributed by atoms with van der Waals surface area (Å²) >= 11 is 0. The van der Waals surface area contributed by atoms with Gasteiger partial charge in [0.2, 0.25) is 0 Å². The standard InChI is InChI=1S/C16H27F3N6/c1-20-15(21-5-7-23(2)12-16(17,18)19)25-6-4-13(11-25)8-14-9-22-24(3)10-14/h9-10,13H,4-8,11-12H2,1-3H3,(H,20,21). The quantitative estimate of drug-likeness (QED) is 0.615. The highest BCUT2D eigenvalue weighted by Gasteiger charge is 2.29. The van der Waals surface area contributed by atoms with Gasteiger partial charge >= 0.3 is 6.18 Å². The zero-order chi connectivity index (χ0) is 18.4. The van der Waals surface area contributed by atoms with Gasteiger partial charge < -0.3 is 10.2 Å². The summed E-state index contributed by atoms with van der Waals surface area (Å²) in [5.74, 6) is 1.30. The Hall–Kier alpha value is -1.77. The maximum atomic E-state index is 12.3. The van der Waals surface area contributed by atoms with E-state index < -0.39 is 12.7 Å². The number of aromatic nitrogens is 2. The van der Waals surface area contributed by atoms with Gasteiger partial charge in [-0.25, -0.2) is 0 Å². The number of aryl methyl sites for hydroxylation is 1. The Morgan fingerprint density at radius 1 is 1.48 bits per heavy atom. The van der Waals surface area contributed by atoms with E-state index in [4.69, 9.17) is 0 Å². The fourth-order valence-corrected chi connectivity index (χ4v) is 3.18. The molecule has 0 bridgehead atoms. The molecule has 2 heterocycles. The lowest BCUT2D eigenvalue weighted by Gasteiger charge is -2.23. The Morgan fingerprint density at radius 2 is 2.24 bits per heavy atom. The summed E-state index contributed by atoms with van der Waals surface area (Å²) in [7, 11) is 5.08. The second-order valence-corrected chi connectivity index (χ2v) is 6.65. The number of nitrogens with one attached hydrogen (secondary N) is 1. The number of likely N-dealkylation sites (tertiary alicyclic amines) is 1. The molecule has 0 aliphatic carbocycles. The van der Waals surface area contributed by atoms with Crippen molar-refractivity contribution in [2.24, 2.45) is 18.0 Å². The Kier molecular flexibility index (Phi) is 6.69. The van der Waals surface area contributed by atoms with E-state index in [2.05, 4.69) is 20.3 Å². The van der Waals surface area contributed by atoms with Gasteiger partial charge in [0, 0.05) is 46.5 Å². The van der Waals surface area contributed by atoms with E-state index in [-0.39, 0.29) is 0 Å². The molecule has 0 radical (unpaired) electrons. The summed E-state index contributed by atoms with van der Waals surface area (Å²) in [5.41, 5.74) is 1.23. The van der Waals surface area contributed by atoms with Crippen molar-refractivity contribution in [1.82, 2.24) is 24.9 Å². The maximum Gasteiger partial charge on any atom is 0.401 e. The Labute approximate surface area is 146 Å². The molecule has 1 aromatic rings. The molecule has 0 amide bonds. The van der Waals surface area contributed by atoms with Crippen LogP contribution >= 0.6 is 0 Å². The average molecular weight is 360 g/mol. The lowest BCUT2D eigenvalue weighted by molar-refractivity contribution is -0.142. The molecule has 0 spiro atoms. The minimum absolute atomic E-state index is 0.311. The molecule has 1 aliphatic rings. The second-order valence-electron chi connectivity index (χ2n) is 6.65. The molecule has 0 aromatic carbocycles. The molecule has 142 valence electrons. The normalized spacial score (nSPS) is 19.1. The van der Waals surface area contributed by atoms with Crippen molar-refractivity contribution in [2.75, 3.05) is 46.8 Å². The van der Waals surface area contributed by atoms with Gasteiger partial charge in [-0.2, -0.15) is 18.3 Å². The van der Waals surface area contributed by atoms with Crippen LogP contribution in [0.4, 0.5) is 13.2 Å². The first-order chi connectivity index (χ1) is 11.8. The van der Waals surface area contributed by atoms with Crippen LogP contribution in [0, 0.1) is 5.92 Å². The largest absolute Gasteiger partial charge is 0.401 e. The summed E-state index contributed by atoms with van der Waals surface area (Å²) in [6.45, 7) is 1.65. The van der Waals surface area contributed by atoms with Crippen molar-refractivity contribution in [3.8, 4) is 0 Å². The van der Waals surface area contributed by atoms with Gasteiger partial charge in [-0.15, -0.1) is 0 Å². The smallest absolute Gasteiger partial charge is 0.355 e. The molecule has 1 aromatic heterocycles. The number of likely N-dealkylation sites (N-methyl/N-ethyl adjacent to an activating group) is 1. The number of aliphatic imine (C=N–C) groups is 1. The van der Waals surface area contributed by atoms with E-state index in [0.29, 0.717) is 19.0 Å². The zero-order valence-corrected chi connectivity index (χ0v) is 15.1. The van der Waals surface area contributed by atoms with E-state index in [1.807, 2.05) is 19.4 Å². The number of nitrogens with zero attached hydrogens (tertiary/aromatic N) is 5. The van der Waals surface area contributed by atoms with E-state index in [1.54, 1.807) is 11.7 Å². The van der Waals surface area contributed by atoms with E-state index in [1.165, 1.54) is 17.5 Å². The first kappa shape index (κ1) is 19.6. The third-order valence-electron chi connectivity index (χ3n) is 4.31. The molecule has 25 heavy (non-hydrogen) atoms. The average Bonchev–Trinajstić information content (AvgIpc) is 3.11. The first-order valence-corrected chi connectivity index (χ1v) is 8.45. The molecule has 1 N–H and O–H groups in total. The minimum atomic E-state index is -4.16. The second kappa shape index (κ2) is 8.55. The molecule has 2 rings (SSSR count). The minimum Gasteiger partial charge on any atom is -0.355 e. The molecular weight excluding hydrogens is 333 g/mol. The van der Waals surface area contributed by atoms with E-state index in [9.17, 15) is 13.2 Å². The van der Waals surface area contributed by atoms with Gasteiger partial charge in [0.05, 0.1) is 12.7 Å². The topological polar surface area (TPSA) is 48.7 Å². The number of hydrogen-bond donors (Lipinski definition) is 1. The predicted octanol–water partition coefficient (Wildman–Crippen LogP) is 1.35. The zero-order valence-electron chi connectivity index (χ0n) is 15.1. The van der Waals surface area contributed by atoms with Crippen molar-refractivity contribution in [3.05, 3.63) is 18.0 Å². The van der Waals surface area contributed by atoms with Crippen LogP contribution in [-0.4, -0.2) is 78.5 Å². The molecule has 1 fully saturated rings. The summed E-state index contributed by atoms with van der Waals surface area (Å²) in [4.78, 5) is 7.69. The Balaban J connectivity index is 1.74. The summed E-state index contributed by atoms with van der Waals surface area (Å²) in [5, 5.41) is 7.36. The Bertz CT molecular complexity index is 568. The van der Waals surface area contributed by atoms with Gasteiger partial charge in [-0.3, -0.25) is 14.6 Å². The number of hydrogen-bond acceptors (Lipinski definition) is 3. The lowest BCUT2D eigenvalue weighted by Crippen LogP contribution is -2.44. The van der Waals surface area contributed by atoms with Gasteiger partial charge in [0.25, 0.3) is 0 Å². The number of alkyl halides is 3. The summed E-state index contributed by atoms with van der Waals surface area (Å²) < 4.78 is 38.8. The fraction of sp³-hybridized carbons (Fsp3) is 0.750. The molecule has 9 heteroatoms. The maximum absolute atomic E-state index is 12.3. The number of halogens is 3. The molecule has 1 saturated heterocycles. The molecule has 1 aliphatic heterocycles. The van der Waals surface area contributed by atoms with Crippen molar-refractivity contribution in [1.29, 1.82) is 0 Å². The number of guanidine groups is 1. The molecule has 1 atom stereocenters. The van der Waals surface area contributed by atoms with Crippen molar-refractivity contribution >= 4 is 5.96 Å². The van der Waals surface area contributed by atoms with Crippen LogP contribution in [-0.2, 0) is 13.5 Å². The first-order valence-electron chi connectivity index (χ1n) is 8.45. The third-order valence-corrected chi connectivity index (χ3v) is 4.31. The van der Waals surface area contributed by atoms with Crippen LogP contribution in [0.5, 0.6) is 0 Å². The highest BCUT2D eigenvalue weighted by atomic mass is 19.4. The fourth-order valence-electron chi connectivity index (χ4n) is 3.18. The molecule has 1 unspecified atom stereocenters. The Morgan fingerprint density at radius 3 is 2.84 bits per heavy atom. The van der Waals surface area contributed by atoms with Crippen LogP contribution in [0.3, 0.4) is 0 Å². The lowest BCUT2D eigenvalue weighted by atomic mass is 10.0.